The lowest BCUT2D eigenvalue weighted by atomic mass is 9.80. The molecule has 3 fully saturated rings. The number of nitrogens with two attached hydrogens (primary N) is 1. The van der Waals surface area contributed by atoms with Crippen LogP contribution in [-0.4, -0.2) is 64.6 Å². The Morgan fingerprint density at radius 3 is 2.02 bits per heavy atom. The molecule has 5 N–H and O–H groups in total. The van der Waals surface area contributed by atoms with Crippen LogP contribution in [0.3, 0.4) is 0 Å². The zero-order valence-electron chi connectivity index (χ0n) is 30.5. The highest BCUT2D eigenvalue weighted by molar-refractivity contribution is 6.37. The smallest absolute Gasteiger partial charge is 0.315 e. The van der Waals surface area contributed by atoms with Crippen LogP contribution in [-0.2, 0) is 19.2 Å². The van der Waals surface area contributed by atoms with E-state index in [0.29, 0.717) is 18.9 Å². The van der Waals surface area contributed by atoms with Gasteiger partial charge in [0.25, 0.3) is 5.91 Å². The minimum atomic E-state index is -1.07. The van der Waals surface area contributed by atoms with Gasteiger partial charge >= 0.3 is 6.03 Å². The van der Waals surface area contributed by atoms with E-state index >= 15 is 0 Å². The number of carbonyl (C=O) groups excluding carboxylic acids is 5. The van der Waals surface area contributed by atoms with Crippen LogP contribution < -0.4 is 21.7 Å². The van der Waals surface area contributed by atoms with Gasteiger partial charge in [0.1, 0.15) is 12.1 Å². The molecule has 1 saturated heterocycles. The highest BCUT2D eigenvalue weighted by Crippen LogP contribution is 2.65. The highest BCUT2D eigenvalue weighted by Gasteiger charge is 2.70. The van der Waals surface area contributed by atoms with Gasteiger partial charge in [-0.15, -0.1) is 0 Å². The van der Waals surface area contributed by atoms with Crippen molar-refractivity contribution in [2.45, 2.75) is 151 Å². The Hall–Kier alpha value is -2.65. The zero-order chi connectivity index (χ0) is 35.0. The Bertz CT molecular complexity index is 1160. The summed E-state index contributed by atoms with van der Waals surface area (Å²) in [6.07, 6.45) is 6.94. The van der Waals surface area contributed by atoms with Crippen LogP contribution in [0.5, 0.6) is 0 Å². The van der Waals surface area contributed by atoms with Gasteiger partial charge in [0, 0.05) is 12.1 Å². The number of rotatable bonds is 14. The Kier molecular flexibility index (Phi) is 11.4. The van der Waals surface area contributed by atoms with Gasteiger partial charge in [0.15, 0.2) is 0 Å². The minimum Gasteiger partial charge on any atom is -0.363 e. The molecule has 262 valence electrons. The molecule has 10 heteroatoms. The quantitative estimate of drug-likeness (QED) is 0.198. The van der Waals surface area contributed by atoms with Crippen LogP contribution in [0.15, 0.2) is 0 Å². The van der Waals surface area contributed by atoms with Crippen LogP contribution in [0.25, 0.3) is 0 Å². The molecule has 2 saturated carbocycles. The summed E-state index contributed by atoms with van der Waals surface area (Å²) in [5.74, 6) is -1.98. The fraction of sp³-hybridized carbons (Fsp3) is 0.861. The monoisotopic (exact) mass is 645 g/mol. The average Bonchev–Trinajstić information content (AvgIpc) is 3.17. The molecule has 5 amide bonds. The van der Waals surface area contributed by atoms with Gasteiger partial charge in [-0.25, -0.2) is 4.79 Å². The molecule has 0 bridgehead atoms. The molecule has 10 nitrogen and oxygen atoms in total. The van der Waals surface area contributed by atoms with E-state index in [0.717, 1.165) is 44.9 Å². The third kappa shape index (κ3) is 9.24. The maximum Gasteiger partial charge on any atom is 0.315 e. The number of carbonyl (C=O) groups is 5. The molecule has 1 heterocycles. The molecule has 2 aliphatic carbocycles. The predicted molar refractivity (Wildman–Crippen MR) is 180 cm³/mol. The molecular weight excluding hydrogens is 582 g/mol. The van der Waals surface area contributed by atoms with Crippen molar-refractivity contribution < 1.29 is 24.0 Å². The second-order valence-electron chi connectivity index (χ2n) is 18.2. The number of nitrogens with zero attached hydrogens (tertiary/aromatic N) is 1. The molecule has 0 radical (unpaired) electrons. The third-order valence-corrected chi connectivity index (χ3v) is 10.7. The molecule has 3 aliphatic rings. The van der Waals surface area contributed by atoms with Crippen LogP contribution in [0, 0.1) is 39.9 Å². The Labute approximate surface area is 277 Å². The number of Topliss-reactive ketones (excluding diaryl/α,β-unsaturated/α-hetero) is 1. The van der Waals surface area contributed by atoms with Gasteiger partial charge in [-0.1, -0.05) is 94.9 Å². The number of ketones is 1. The Balaban J connectivity index is 1.80. The van der Waals surface area contributed by atoms with E-state index < -0.39 is 52.7 Å². The van der Waals surface area contributed by atoms with Crippen molar-refractivity contribution in [3.8, 4) is 0 Å². The van der Waals surface area contributed by atoms with Crippen molar-refractivity contribution in [2.75, 3.05) is 6.54 Å². The number of hydrogen-bond donors (Lipinski definition) is 4. The summed E-state index contributed by atoms with van der Waals surface area (Å²) >= 11 is 0. The molecule has 4 unspecified atom stereocenters. The lowest BCUT2D eigenvalue weighted by Crippen LogP contribution is -2.62. The first-order chi connectivity index (χ1) is 21.0. The van der Waals surface area contributed by atoms with Crippen molar-refractivity contribution >= 4 is 29.5 Å². The van der Waals surface area contributed by atoms with Gasteiger partial charge < -0.3 is 26.6 Å². The van der Waals surface area contributed by atoms with E-state index in [-0.39, 0.29) is 34.5 Å². The number of amides is 5. The molecule has 0 aromatic carbocycles. The number of urea groups is 1. The Morgan fingerprint density at radius 2 is 1.54 bits per heavy atom. The molecule has 6 atom stereocenters. The van der Waals surface area contributed by atoms with Gasteiger partial charge in [-0.3, -0.25) is 19.2 Å². The van der Waals surface area contributed by atoms with E-state index in [2.05, 4.69) is 71.3 Å². The van der Waals surface area contributed by atoms with E-state index in [1.54, 1.807) is 4.90 Å². The van der Waals surface area contributed by atoms with Crippen molar-refractivity contribution in [1.82, 2.24) is 20.9 Å². The summed E-state index contributed by atoms with van der Waals surface area (Å²) < 4.78 is 0. The van der Waals surface area contributed by atoms with E-state index in [1.807, 2.05) is 20.8 Å². The fourth-order valence-corrected chi connectivity index (χ4v) is 7.92. The largest absolute Gasteiger partial charge is 0.363 e. The summed E-state index contributed by atoms with van der Waals surface area (Å²) in [5, 5.41) is 9.06. The van der Waals surface area contributed by atoms with Crippen molar-refractivity contribution in [1.29, 1.82) is 0 Å². The second-order valence-corrected chi connectivity index (χ2v) is 18.2. The lowest BCUT2D eigenvalue weighted by Gasteiger charge is -2.39. The van der Waals surface area contributed by atoms with Crippen LogP contribution in [0.1, 0.15) is 128 Å². The second kappa shape index (κ2) is 13.8. The van der Waals surface area contributed by atoms with E-state index in [1.165, 1.54) is 0 Å². The van der Waals surface area contributed by atoms with Gasteiger partial charge in [0.2, 0.25) is 17.6 Å². The number of primary amides is 1. The number of nitrogens with one attached hydrogen (secondary N) is 3. The first-order valence-corrected chi connectivity index (χ1v) is 17.5. The maximum absolute atomic E-state index is 14.4. The van der Waals surface area contributed by atoms with E-state index in [9.17, 15) is 24.0 Å². The highest BCUT2D eigenvalue weighted by atomic mass is 16.2. The average molecular weight is 646 g/mol. The number of piperidine rings is 1. The van der Waals surface area contributed by atoms with E-state index in [4.69, 9.17) is 5.73 Å². The first kappa shape index (κ1) is 37.8. The summed E-state index contributed by atoms with van der Waals surface area (Å²) in [6, 6.07) is -3.10. The van der Waals surface area contributed by atoms with Crippen LogP contribution in [0.2, 0.25) is 0 Å². The standard InChI is InChI=1S/C36H63N5O5/c1-21(2)19-36(11,17-13-16-33(3,4)5)40-32(46)39-28(34(6,7)8)31(45)41-20-23-25(35(23,9)10)26(41)30(44)38-24(27(42)29(37)43)18-22-14-12-15-22/h21-26,28H,12-20H2,1-11H3,(H2,37,43)(H,38,44)(H2,39,40,46)/t23?,24?,25?,26-,28+,36?/m0/s1. The van der Waals surface area contributed by atoms with Gasteiger partial charge in [-0.05, 0) is 72.5 Å². The van der Waals surface area contributed by atoms with Crippen LogP contribution in [0.4, 0.5) is 4.79 Å². The molecule has 46 heavy (non-hydrogen) atoms. The maximum atomic E-state index is 14.4. The third-order valence-electron chi connectivity index (χ3n) is 10.7. The number of likely N-dealkylation sites (tertiary alicyclic amines) is 1. The van der Waals surface area contributed by atoms with Crippen molar-refractivity contribution in [2.24, 2.45) is 45.7 Å². The molecule has 0 aromatic heterocycles. The SMILES string of the molecule is CC(C)CC(C)(CCCC(C)(C)C)NC(=O)N[C@H](C(=O)N1CC2C([C@H]1C(=O)NC(CC1CCC1)C(=O)C(N)=O)C2(C)C)C(C)(C)C. The molecule has 0 spiro atoms. The molecule has 3 rings (SSSR count). The molecular formula is C36H63N5O5. The fourth-order valence-electron chi connectivity index (χ4n) is 7.92. The summed E-state index contributed by atoms with van der Waals surface area (Å²) in [5.41, 5.74) is 4.31. The summed E-state index contributed by atoms with van der Waals surface area (Å²) in [7, 11) is 0. The van der Waals surface area contributed by atoms with Crippen molar-refractivity contribution in [3.05, 3.63) is 0 Å². The zero-order valence-corrected chi connectivity index (χ0v) is 30.5. The van der Waals surface area contributed by atoms with Gasteiger partial charge in [-0.2, -0.15) is 0 Å². The predicted octanol–water partition coefficient (Wildman–Crippen LogP) is 4.93. The summed E-state index contributed by atoms with van der Waals surface area (Å²) in [4.78, 5) is 68.1. The van der Waals surface area contributed by atoms with Gasteiger partial charge in [0.05, 0.1) is 6.04 Å². The lowest BCUT2D eigenvalue weighted by molar-refractivity contribution is -0.145. The Morgan fingerprint density at radius 1 is 0.935 bits per heavy atom. The first-order valence-electron chi connectivity index (χ1n) is 17.5. The number of fused-ring (bicyclic) bond motifs is 1. The minimum absolute atomic E-state index is 0.0870. The van der Waals surface area contributed by atoms with Crippen molar-refractivity contribution in [3.63, 3.8) is 0 Å². The summed E-state index contributed by atoms with van der Waals surface area (Å²) in [6.45, 7) is 23.3. The van der Waals surface area contributed by atoms with Crippen LogP contribution >= 0.6 is 0 Å². The number of hydrogen-bond acceptors (Lipinski definition) is 5. The molecule has 1 aliphatic heterocycles. The topological polar surface area (TPSA) is 151 Å². The molecule has 0 aromatic rings. The normalized spacial score (nSPS) is 25.0.